The van der Waals surface area contributed by atoms with Crippen LogP contribution in [0, 0.1) is 5.92 Å². The molecule has 1 fully saturated rings. The van der Waals surface area contributed by atoms with Gasteiger partial charge in [0.15, 0.2) is 0 Å². The van der Waals surface area contributed by atoms with Crippen molar-refractivity contribution in [3.8, 4) is 0 Å². The molecule has 2 atom stereocenters. The van der Waals surface area contributed by atoms with Gasteiger partial charge < -0.3 is 15.2 Å². The number of carboxylic acids is 1. The van der Waals surface area contributed by atoms with Gasteiger partial charge >= 0.3 is 5.97 Å². The molecule has 0 radical (unpaired) electrons. The molecule has 1 saturated heterocycles. The van der Waals surface area contributed by atoms with Crippen LogP contribution >= 0.6 is 0 Å². The van der Waals surface area contributed by atoms with Crippen LogP contribution in [0.2, 0.25) is 0 Å². The highest BCUT2D eigenvalue weighted by atomic mass is 16.5. The van der Waals surface area contributed by atoms with E-state index in [1.165, 1.54) is 0 Å². The van der Waals surface area contributed by atoms with Gasteiger partial charge in [0.1, 0.15) is 6.04 Å². The molecule has 1 aliphatic rings. The number of nitrogens with one attached hydrogen (secondary N) is 1. The second kappa shape index (κ2) is 5.78. The van der Waals surface area contributed by atoms with Gasteiger partial charge in [-0.15, -0.1) is 6.58 Å². The lowest BCUT2D eigenvalue weighted by molar-refractivity contribution is -0.142. The maximum Gasteiger partial charge on any atom is 0.321 e. The van der Waals surface area contributed by atoms with Crippen molar-refractivity contribution < 1.29 is 14.6 Å². The first-order valence-corrected chi connectivity index (χ1v) is 4.90. The van der Waals surface area contributed by atoms with Crippen molar-refractivity contribution in [2.45, 2.75) is 18.9 Å². The number of rotatable bonds is 5. The van der Waals surface area contributed by atoms with Crippen molar-refractivity contribution in [3.05, 3.63) is 12.7 Å². The molecule has 1 aliphatic heterocycles. The Kier molecular flexibility index (Phi) is 4.62. The van der Waals surface area contributed by atoms with Crippen LogP contribution in [0.5, 0.6) is 0 Å². The quantitative estimate of drug-likeness (QED) is 0.638. The average Bonchev–Trinajstić information content (AvgIpc) is 2.19. The zero-order valence-electron chi connectivity index (χ0n) is 8.24. The Morgan fingerprint density at radius 3 is 3.07 bits per heavy atom. The molecular formula is C10H17NO3. The monoisotopic (exact) mass is 199 g/mol. The van der Waals surface area contributed by atoms with Crippen molar-refractivity contribution in [1.82, 2.24) is 5.32 Å². The van der Waals surface area contributed by atoms with Crippen LogP contribution < -0.4 is 5.32 Å². The first-order valence-electron chi connectivity index (χ1n) is 4.90. The molecule has 2 unspecified atom stereocenters. The summed E-state index contributed by atoms with van der Waals surface area (Å²) in [5, 5.41) is 11.9. The summed E-state index contributed by atoms with van der Waals surface area (Å²) < 4.78 is 5.26. The number of aliphatic carboxylic acids is 1. The summed E-state index contributed by atoms with van der Waals surface area (Å²) in [5.41, 5.74) is 0. The Bertz CT molecular complexity index is 200. The predicted octanol–water partition coefficient (Wildman–Crippen LogP) is 0.642. The van der Waals surface area contributed by atoms with Crippen LogP contribution in [0.3, 0.4) is 0 Å². The third kappa shape index (κ3) is 3.12. The van der Waals surface area contributed by atoms with E-state index in [0.29, 0.717) is 13.2 Å². The van der Waals surface area contributed by atoms with Gasteiger partial charge in [0.25, 0.3) is 0 Å². The number of carbonyl (C=O) groups is 1. The van der Waals surface area contributed by atoms with Crippen molar-refractivity contribution in [1.29, 1.82) is 0 Å². The highest BCUT2D eigenvalue weighted by Crippen LogP contribution is 2.17. The van der Waals surface area contributed by atoms with E-state index in [1.807, 2.05) is 0 Å². The van der Waals surface area contributed by atoms with Crippen molar-refractivity contribution >= 4 is 5.97 Å². The van der Waals surface area contributed by atoms with Gasteiger partial charge in [-0.05, 0) is 12.8 Å². The lowest BCUT2D eigenvalue weighted by Gasteiger charge is -2.27. The van der Waals surface area contributed by atoms with Crippen LogP contribution in [0.15, 0.2) is 12.7 Å². The van der Waals surface area contributed by atoms with E-state index in [2.05, 4.69) is 11.9 Å². The highest BCUT2D eigenvalue weighted by molar-refractivity contribution is 5.73. The van der Waals surface area contributed by atoms with Crippen molar-refractivity contribution in [2.75, 3.05) is 19.8 Å². The van der Waals surface area contributed by atoms with Crippen LogP contribution in [0.25, 0.3) is 0 Å². The van der Waals surface area contributed by atoms with Gasteiger partial charge in [-0.3, -0.25) is 4.79 Å². The summed E-state index contributed by atoms with van der Waals surface area (Å²) in [4.78, 5) is 11.0. The van der Waals surface area contributed by atoms with Gasteiger partial charge in [0.05, 0.1) is 6.61 Å². The highest BCUT2D eigenvalue weighted by Gasteiger charge is 2.28. The van der Waals surface area contributed by atoms with Gasteiger partial charge in [-0.1, -0.05) is 6.08 Å². The van der Waals surface area contributed by atoms with Crippen LogP contribution in [0.1, 0.15) is 12.8 Å². The van der Waals surface area contributed by atoms with E-state index in [0.717, 1.165) is 19.4 Å². The molecule has 0 aromatic heterocycles. The van der Waals surface area contributed by atoms with Crippen molar-refractivity contribution in [2.24, 2.45) is 5.92 Å². The zero-order valence-corrected chi connectivity index (χ0v) is 8.24. The fourth-order valence-electron chi connectivity index (χ4n) is 1.69. The van der Waals surface area contributed by atoms with Gasteiger partial charge in [0.2, 0.25) is 0 Å². The van der Waals surface area contributed by atoms with Crippen molar-refractivity contribution in [3.63, 3.8) is 0 Å². The smallest absolute Gasteiger partial charge is 0.321 e. The Labute approximate surface area is 83.9 Å². The molecule has 0 saturated carbocycles. The molecule has 14 heavy (non-hydrogen) atoms. The Morgan fingerprint density at radius 2 is 2.57 bits per heavy atom. The molecule has 4 heteroatoms. The minimum Gasteiger partial charge on any atom is -0.480 e. The lowest BCUT2D eigenvalue weighted by atomic mass is 9.94. The number of hydrogen-bond acceptors (Lipinski definition) is 3. The fourth-order valence-corrected chi connectivity index (χ4v) is 1.69. The SMILES string of the molecule is C=CCNC(C(=O)O)C1CCCOC1. The molecule has 0 aromatic carbocycles. The van der Waals surface area contributed by atoms with E-state index in [4.69, 9.17) is 9.84 Å². The van der Waals surface area contributed by atoms with Gasteiger partial charge in [0, 0.05) is 19.1 Å². The minimum absolute atomic E-state index is 0.0844. The third-order valence-corrected chi connectivity index (χ3v) is 2.42. The summed E-state index contributed by atoms with van der Waals surface area (Å²) in [5.74, 6) is -0.719. The Morgan fingerprint density at radius 1 is 1.79 bits per heavy atom. The maximum atomic E-state index is 11.0. The third-order valence-electron chi connectivity index (χ3n) is 2.42. The maximum absolute atomic E-state index is 11.0. The Hall–Kier alpha value is -0.870. The fraction of sp³-hybridized carbons (Fsp3) is 0.700. The number of ether oxygens (including phenoxy) is 1. The summed E-state index contributed by atoms with van der Waals surface area (Å²) >= 11 is 0. The molecule has 0 aromatic rings. The molecule has 0 bridgehead atoms. The molecule has 0 spiro atoms. The first-order chi connectivity index (χ1) is 6.75. The standard InChI is InChI=1S/C10H17NO3/c1-2-5-11-9(10(12)13)8-4-3-6-14-7-8/h2,8-9,11H,1,3-7H2,(H,12,13). The van der Waals surface area contributed by atoms with Crippen LogP contribution in [-0.2, 0) is 9.53 Å². The molecule has 4 nitrogen and oxygen atoms in total. The number of carboxylic acid groups (broad SMARTS) is 1. The molecule has 1 rings (SSSR count). The summed E-state index contributed by atoms with van der Waals surface area (Å²) in [6, 6.07) is -0.506. The van der Waals surface area contributed by atoms with Crippen LogP contribution in [0.4, 0.5) is 0 Å². The second-order valence-electron chi connectivity index (χ2n) is 3.49. The largest absolute Gasteiger partial charge is 0.480 e. The van der Waals surface area contributed by atoms with Gasteiger partial charge in [-0.2, -0.15) is 0 Å². The van der Waals surface area contributed by atoms with E-state index in [9.17, 15) is 4.79 Å². The summed E-state index contributed by atoms with van der Waals surface area (Å²) in [6.07, 6.45) is 3.53. The molecular weight excluding hydrogens is 182 g/mol. The minimum atomic E-state index is -0.803. The Balaban J connectivity index is 2.46. The molecule has 80 valence electrons. The normalized spacial score (nSPS) is 24.1. The van der Waals surface area contributed by atoms with E-state index in [1.54, 1.807) is 6.08 Å². The van der Waals surface area contributed by atoms with Crippen LogP contribution in [-0.4, -0.2) is 36.9 Å². The van der Waals surface area contributed by atoms with E-state index >= 15 is 0 Å². The molecule has 0 amide bonds. The summed E-state index contributed by atoms with van der Waals surface area (Å²) in [7, 11) is 0. The average molecular weight is 199 g/mol. The second-order valence-corrected chi connectivity index (χ2v) is 3.49. The predicted molar refractivity (Wildman–Crippen MR) is 53.2 cm³/mol. The van der Waals surface area contributed by atoms with Gasteiger partial charge in [-0.25, -0.2) is 0 Å². The number of hydrogen-bond donors (Lipinski definition) is 2. The first kappa shape index (κ1) is 11.2. The zero-order chi connectivity index (χ0) is 10.4. The van der Waals surface area contributed by atoms with E-state index < -0.39 is 12.0 Å². The molecule has 0 aliphatic carbocycles. The summed E-state index contributed by atoms with van der Waals surface area (Å²) in [6.45, 7) is 5.37. The molecule has 2 N–H and O–H groups in total. The van der Waals surface area contributed by atoms with E-state index in [-0.39, 0.29) is 5.92 Å². The molecule has 1 heterocycles. The topological polar surface area (TPSA) is 58.6 Å². The lowest BCUT2D eigenvalue weighted by Crippen LogP contribution is -2.45.